The SMILES string of the molecule is Cc1cc(Cl)c(-c2ccc(C=O)o2)c(Br)c1. The molecule has 0 fully saturated rings. The van der Waals surface area contributed by atoms with Gasteiger partial charge in [0.1, 0.15) is 5.76 Å². The van der Waals surface area contributed by atoms with Gasteiger partial charge in [0.05, 0.1) is 10.6 Å². The monoisotopic (exact) mass is 298 g/mol. The second-order valence-electron chi connectivity index (χ2n) is 3.42. The van der Waals surface area contributed by atoms with E-state index in [0.717, 1.165) is 15.6 Å². The van der Waals surface area contributed by atoms with Crippen LogP contribution in [0.2, 0.25) is 5.02 Å². The number of aldehydes is 1. The Kier molecular flexibility index (Phi) is 3.17. The van der Waals surface area contributed by atoms with Gasteiger partial charge in [-0.3, -0.25) is 4.79 Å². The van der Waals surface area contributed by atoms with Crippen LogP contribution in [0.25, 0.3) is 11.3 Å². The summed E-state index contributed by atoms with van der Waals surface area (Å²) < 4.78 is 6.19. The lowest BCUT2D eigenvalue weighted by atomic mass is 10.1. The fourth-order valence-electron chi connectivity index (χ4n) is 1.49. The molecule has 0 atom stereocenters. The zero-order valence-corrected chi connectivity index (χ0v) is 10.8. The summed E-state index contributed by atoms with van der Waals surface area (Å²) in [6.45, 7) is 1.96. The Balaban J connectivity index is 2.59. The second kappa shape index (κ2) is 4.44. The molecule has 1 aromatic heterocycles. The summed E-state index contributed by atoms with van der Waals surface area (Å²) in [6.07, 6.45) is 0.666. The van der Waals surface area contributed by atoms with E-state index in [4.69, 9.17) is 16.0 Å². The van der Waals surface area contributed by atoms with Crippen LogP contribution in [0, 0.1) is 6.92 Å². The molecule has 2 nitrogen and oxygen atoms in total. The highest BCUT2D eigenvalue weighted by atomic mass is 79.9. The van der Waals surface area contributed by atoms with E-state index in [1.54, 1.807) is 12.1 Å². The summed E-state index contributed by atoms with van der Waals surface area (Å²) in [7, 11) is 0. The van der Waals surface area contributed by atoms with Gasteiger partial charge >= 0.3 is 0 Å². The van der Waals surface area contributed by atoms with E-state index in [2.05, 4.69) is 15.9 Å². The second-order valence-corrected chi connectivity index (χ2v) is 4.68. The third kappa shape index (κ3) is 2.06. The first-order valence-electron chi connectivity index (χ1n) is 4.63. The first-order chi connectivity index (χ1) is 7.61. The number of benzene rings is 1. The quantitative estimate of drug-likeness (QED) is 0.765. The molecule has 2 rings (SSSR count). The molecule has 0 saturated carbocycles. The van der Waals surface area contributed by atoms with E-state index in [1.807, 2.05) is 19.1 Å². The van der Waals surface area contributed by atoms with Crippen LogP contribution < -0.4 is 0 Å². The molecule has 1 aromatic carbocycles. The number of furan rings is 1. The minimum absolute atomic E-state index is 0.290. The summed E-state index contributed by atoms with van der Waals surface area (Å²) in [4.78, 5) is 10.5. The lowest BCUT2D eigenvalue weighted by molar-refractivity contribution is 0.110. The van der Waals surface area contributed by atoms with E-state index in [9.17, 15) is 4.79 Å². The molecule has 0 radical (unpaired) electrons. The molecule has 0 spiro atoms. The van der Waals surface area contributed by atoms with Crippen molar-refractivity contribution in [2.45, 2.75) is 6.92 Å². The molecule has 0 unspecified atom stereocenters. The number of hydrogen-bond acceptors (Lipinski definition) is 2. The fraction of sp³-hybridized carbons (Fsp3) is 0.0833. The Bertz CT molecular complexity index is 523. The molecule has 0 aliphatic rings. The molecule has 0 N–H and O–H groups in total. The maximum absolute atomic E-state index is 10.5. The highest BCUT2D eigenvalue weighted by Gasteiger charge is 2.12. The van der Waals surface area contributed by atoms with Crippen molar-refractivity contribution < 1.29 is 9.21 Å². The van der Waals surface area contributed by atoms with E-state index >= 15 is 0 Å². The highest BCUT2D eigenvalue weighted by molar-refractivity contribution is 9.10. The maximum atomic E-state index is 10.5. The van der Waals surface area contributed by atoms with Crippen LogP contribution >= 0.6 is 27.5 Å². The summed E-state index contributed by atoms with van der Waals surface area (Å²) in [5.74, 6) is 0.873. The van der Waals surface area contributed by atoms with Gasteiger partial charge in [-0.05, 0) is 52.7 Å². The molecule has 2 aromatic rings. The Morgan fingerprint density at radius 3 is 2.69 bits per heavy atom. The van der Waals surface area contributed by atoms with Gasteiger partial charge < -0.3 is 4.42 Å². The normalized spacial score (nSPS) is 10.4. The Hall–Kier alpha value is -1.06. The van der Waals surface area contributed by atoms with E-state index < -0.39 is 0 Å². The minimum Gasteiger partial charge on any atom is -0.453 e. The van der Waals surface area contributed by atoms with Gasteiger partial charge in [-0.1, -0.05) is 11.6 Å². The summed E-state index contributed by atoms with van der Waals surface area (Å²) >= 11 is 9.58. The summed E-state index contributed by atoms with van der Waals surface area (Å²) in [6, 6.07) is 7.14. The van der Waals surface area contributed by atoms with Gasteiger partial charge in [-0.15, -0.1) is 0 Å². The van der Waals surface area contributed by atoms with Crippen molar-refractivity contribution in [2.75, 3.05) is 0 Å². The van der Waals surface area contributed by atoms with Crippen LogP contribution in [0.5, 0.6) is 0 Å². The lowest BCUT2D eigenvalue weighted by Gasteiger charge is -2.05. The molecular formula is C12H8BrClO2. The first kappa shape index (κ1) is 11.4. The number of carbonyl (C=O) groups is 1. The Labute approximate surface area is 106 Å². The predicted octanol–water partition coefficient (Wildman–Crippen LogP) is 4.48. The van der Waals surface area contributed by atoms with Crippen LogP contribution in [0.15, 0.2) is 33.2 Å². The summed E-state index contributed by atoms with van der Waals surface area (Å²) in [5.41, 5.74) is 1.82. The molecule has 0 bridgehead atoms. The van der Waals surface area contributed by atoms with E-state index in [0.29, 0.717) is 22.8 Å². The van der Waals surface area contributed by atoms with Gasteiger partial charge in [0.2, 0.25) is 0 Å². The van der Waals surface area contributed by atoms with Gasteiger partial charge in [0.15, 0.2) is 12.0 Å². The molecule has 0 aliphatic carbocycles. The van der Waals surface area contributed by atoms with Crippen molar-refractivity contribution in [3.63, 3.8) is 0 Å². The fourth-order valence-corrected chi connectivity index (χ4v) is 2.74. The molecule has 4 heteroatoms. The minimum atomic E-state index is 0.290. The largest absolute Gasteiger partial charge is 0.453 e. The Morgan fingerprint density at radius 2 is 2.12 bits per heavy atom. The van der Waals surface area contributed by atoms with Gasteiger partial charge in [-0.25, -0.2) is 0 Å². The smallest absolute Gasteiger partial charge is 0.185 e. The van der Waals surface area contributed by atoms with Gasteiger partial charge in [0.25, 0.3) is 0 Å². The average molecular weight is 300 g/mol. The number of rotatable bonds is 2. The van der Waals surface area contributed by atoms with Crippen LogP contribution in [-0.2, 0) is 0 Å². The van der Waals surface area contributed by atoms with Crippen LogP contribution in [0.4, 0.5) is 0 Å². The van der Waals surface area contributed by atoms with Crippen molar-refractivity contribution >= 4 is 33.8 Å². The molecular weight excluding hydrogens is 291 g/mol. The third-order valence-corrected chi connectivity index (χ3v) is 3.10. The number of aryl methyl sites for hydroxylation is 1. The summed E-state index contributed by atoms with van der Waals surface area (Å²) in [5, 5.41) is 0.596. The van der Waals surface area contributed by atoms with Crippen molar-refractivity contribution in [3.8, 4) is 11.3 Å². The van der Waals surface area contributed by atoms with Crippen LogP contribution in [-0.4, -0.2) is 6.29 Å². The van der Waals surface area contributed by atoms with Crippen molar-refractivity contribution in [1.29, 1.82) is 0 Å². The zero-order chi connectivity index (χ0) is 11.7. The first-order valence-corrected chi connectivity index (χ1v) is 5.80. The number of carbonyl (C=O) groups excluding carboxylic acids is 1. The van der Waals surface area contributed by atoms with E-state index in [-0.39, 0.29) is 0 Å². The molecule has 0 aliphatic heterocycles. The van der Waals surface area contributed by atoms with Gasteiger partial charge in [0, 0.05) is 4.47 Å². The lowest BCUT2D eigenvalue weighted by Crippen LogP contribution is -1.82. The molecule has 0 amide bonds. The predicted molar refractivity (Wildman–Crippen MR) is 67.0 cm³/mol. The van der Waals surface area contributed by atoms with Crippen LogP contribution in [0.3, 0.4) is 0 Å². The van der Waals surface area contributed by atoms with Gasteiger partial charge in [-0.2, -0.15) is 0 Å². The molecule has 82 valence electrons. The average Bonchev–Trinajstić information content (AvgIpc) is 2.64. The highest BCUT2D eigenvalue weighted by Crippen LogP contribution is 2.36. The Morgan fingerprint density at radius 1 is 1.38 bits per heavy atom. The third-order valence-electron chi connectivity index (χ3n) is 2.18. The van der Waals surface area contributed by atoms with Crippen LogP contribution in [0.1, 0.15) is 16.1 Å². The number of hydrogen-bond donors (Lipinski definition) is 0. The topological polar surface area (TPSA) is 30.2 Å². The van der Waals surface area contributed by atoms with Crippen molar-refractivity contribution in [2.24, 2.45) is 0 Å². The number of halogens is 2. The molecule has 16 heavy (non-hydrogen) atoms. The van der Waals surface area contributed by atoms with Crippen molar-refractivity contribution in [1.82, 2.24) is 0 Å². The van der Waals surface area contributed by atoms with E-state index in [1.165, 1.54) is 0 Å². The maximum Gasteiger partial charge on any atom is 0.185 e. The molecule has 1 heterocycles. The zero-order valence-electron chi connectivity index (χ0n) is 8.46. The molecule has 0 saturated heterocycles. The van der Waals surface area contributed by atoms with Crippen molar-refractivity contribution in [3.05, 3.63) is 45.1 Å². The standard InChI is InChI=1S/C12H8BrClO2/c1-7-4-9(13)12(10(14)5-7)11-3-2-8(6-15)16-11/h2-6H,1H3.